The van der Waals surface area contributed by atoms with E-state index in [0.717, 1.165) is 19.5 Å². The highest BCUT2D eigenvalue weighted by Gasteiger charge is 2.22. The van der Waals surface area contributed by atoms with E-state index < -0.39 is 0 Å². The molecule has 0 spiro atoms. The van der Waals surface area contributed by atoms with Gasteiger partial charge >= 0.3 is 6.03 Å². The summed E-state index contributed by atoms with van der Waals surface area (Å²) in [7, 11) is 0. The van der Waals surface area contributed by atoms with Gasteiger partial charge in [0.25, 0.3) is 0 Å². The molecule has 1 saturated heterocycles. The molecule has 2 aromatic carbocycles. The molecule has 2 aromatic rings. The topological polar surface area (TPSA) is 35.6 Å². The third kappa shape index (κ3) is 4.34. The lowest BCUT2D eigenvalue weighted by Crippen LogP contribution is -2.52. The summed E-state index contributed by atoms with van der Waals surface area (Å²) in [6.45, 7) is 5.67. The average Bonchev–Trinajstić information content (AvgIpc) is 2.69. The normalized spacial score (nSPS) is 14.4. The number of piperazine rings is 1. The van der Waals surface area contributed by atoms with Gasteiger partial charge in [0.05, 0.1) is 0 Å². The molecular weight excluding hydrogens is 329 g/mol. The molecule has 0 bridgehead atoms. The van der Waals surface area contributed by atoms with Crippen LogP contribution in [0.1, 0.15) is 18.1 Å². The maximum absolute atomic E-state index is 13.6. The van der Waals surface area contributed by atoms with Crippen molar-refractivity contribution in [1.29, 1.82) is 0 Å². The van der Waals surface area contributed by atoms with Crippen molar-refractivity contribution in [3.05, 3.63) is 65.5 Å². The van der Waals surface area contributed by atoms with Gasteiger partial charge in [-0.05, 0) is 36.1 Å². The van der Waals surface area contributed by atoms with Crippen LogP contribution in [0.4, 0.5) is 14.9 Å². The van der Waals surface area contributed by atoms with E-state index in [-0.39, 0.29) is 11.8 Å². The lowest BCUT2D eigenvalue weighted by atomic mass is 10.1. The molecule has 2 amide bonds. The number of anilines is 1. The van der Waals surface area contributed by atoms with Crippen molar-refractivity contribution in [3.8, 4) is 0 Å². The summed E-state index contributed by atoms with van der Waals surface area (Å²) in [6, 6.07) is 15.1. The van der Waals surface area contributed by atoms with Gasteiger partial charge in [0.15, 0.2) is 0 Å². The van der Waals surface area contributed by atoms with Crippen LogP contribution in [0.2, 0.25) is 0 Å². The van der Waals surface area contributed by atoms with E-state index in [1.165, 1.54) is 17.3 Å². The molecule has 1 heterocycles. The number of aryl methyl sites for hydroxylation is 1. The Morgan fingerprint density at radius 1 is 1.00 bits per heavy atom. The summed E-state index contributed by atoms with van der Waals surface area (Å²) < 4.78 is 13.6. The van der Waals surface area contributed by atoms with Crippen molar-refractivity contribution in [2.24, 2.45) is 0 Å². The number of hydrogen-bond acceptors (Lipinski definition) is 2. The van der Waals surface area contributed by atoms with Crippen LogP contribution in [0.15, 0.2) is 48.5 Å². The number of nitrogens with zero attached hydrogens (tertiary/aromatic N) is 2. The smallest absolute Gasteiger partial charge is 0.317 e. The quantitative estimate of drug-likeness (QED) is 0.891. The van der Waals surface area contributed by atoms with E-state index in [4.69, 9.17) is 0 Å². The van der Waals surface area contributed by atoms with Crippen molar-refractivity contribution in [1.82, 2.24) is 10.2 Å². The van der Waals surface area contributed by atoms with Crippen molar-refractivity contribution >= 4 is 11.7 Å². The second-order valence-electron chi connectivity index (χ2n) is 6.53. The minimum atomic E-state index is -0.218. The number of benzene rings is 2. The molecule has 1 aliphatic heterocycles. The third-order valence-electron chi connectivity index (χ3n) is 4.91. The molecule has 138 valence electrons. The second-order valence-corrected chi connectivity index (χ2v) is 6.53. The molecule has 1 fully saturated rings. The summed E-state index contributed by atoms with van der Waals surface area (Å²) in [6.07, 6.45) is 1.51. The SMILES string of the molecule is CCc1ccccc1N1CCN(C(=O)NCCc2ccccc2F)CC1. The van der Waals surface area contributed by atoms with Crippen LogP contribution in [0.25, 0.3) is 0 Å². The van der Waals surface area contributed by atoms with Crippen LogP contribution < -0.4 is 10.2 Å². The number of carbonyl (C=O) groups is 1. The molecule has 0 atom stereocenters. The van der Waals surface area contributed by atoms with Crippen LogP contribution in [0.3, 0.4) is 0 Å². The standard InChI is InChI=1S/C21H26FN3O/c1-2-17-7-4-6-10-20(17)24-13-15-25(16-14-24)21(26)23-12-11-18-8-3-5-9-19(18)22/h3-10H,2,11-16H2,1H3,(H,23,26). The molecular formula is C21H26FN3O. The first-order chi connectivity index (χ1) is 12.7. The number of hydrogen-bond donors (Lipinski definition) is 1. The highest BCUT2D eigenvalue weighted by Crippen LogP contribution is 2.22. The monoisotopic (exact) mass is 355 g/mol. The zero-order valence-electron chi connectivity index (χ0n) is 15.2. The lowest BCUT2D eigenvalue weighted by Gasteiger charge is -2.37. The van der Waals surface area contributed by atoms with Gasteiger partial charge in [0.2, 0.25) is 0 Å². The van der Waals surface area contributed by atoms with Gasteiger partial charge in [-0.1, -0.05) is 43.3 Å². The Bertz CT molecular complexity index is 742. The van der Waals surface area contributed by atoms with Crippen molar-refractivity contribution in [3.63, 3.8) is 0 Å². The predicted molar refractivity (Wildman–Crippen MR) is 103 cm³/mol. The molecule has 5 heteroatoms. The van der Waals surface area contributed by atoms with Gasteiger partial charge in [-0.3, -0.25) is 0 Å². The van der Waals surface area contributed by atoms with E-state index in [1.54, 1.807) is 12.1 Å². The highest BCUT2D eigenvalue weighted by molar-refractivity contribution is 5.74. The molecule has 0 aliphatic carbocycles. The number of amides is 2. The summed E-state index contributed by atoms with van der Waals surface area (Å²) >= 11 is 0. The minimum absolute atomic E-state index is 0.0650. The van der Waals surface area contributed by atoms with Crippen LogP contribution in [-0.2, 0) is 12.8 Å². The maximum atomic E-state index is 13.6. The van der Waals surface area contributed by atoms with Crippen molar-refractivity contribution in [2.75, 3.05) is 37.6 Å². The first-order valence-corrected chi connectivity index (χ1v) is 9.28. The Morgan fingerprint density at radius 2 is 1.65 bits per heavy atom. The maximum Gasteiger partial charge on any atom is 0.317 e. The Kier molecular flexibility index (Phi) is 6.10. The Balaban J connectivity index is 1.47. The first kappa shape index (κ1) is 18.2. The fraction of sp³-hybridized carbons (Fsp3) is 0.381. The molecule has 4 nitrogen and oxygen atoms in total. The second kappa shape index (κ2) is 8.70. The summed E-state index contributed by atoms with van der Waals surface area (Å²) in [4.78, 5) is 16.5. The molecule has 0 radical (unpaired) electrons. The summed E-state index contributed by atoms with van der Waals surface area (Å²) in [5.41, 5.74) is 3.25. The molecule has 0 saturated carbocycles. The number of rotatable bonds is 5. The predicted octanol–water partition coefficient (Wildman–Crippen LogP) is 3.46. The van der Waals surface area contributed by atoms with Gasteiger partial charge in [0.1, 0.15) is 5.82 Å². The van der Waals surface area contributed by atoms with E-state index in [1.807, 2.05) is 11.0 Å². The zero-order valence-corrected chi connectivity index (χ0v) is 15.2. The van der Waals surface area contributed by atoms with Gasteiger partial charge in [0, 0.05) is 38.4 Å². The van der Waals surface area contributed by atoms with Crippen molar-refractivity contribution < 1.29 is 9.18 Å². The fourth-order valence-corrected chi connectivity index (χ4v) is 3.39. The molecule has 0 unspecified atom stereocenters. The Morgan fingerprint density at radius 3 is 2.35 bits per heavy atom. The molecule has 1 N–H and O–H groups in total. The first-order valence-electron chi connectivity index (χ1n) is 9.28. The lowest BCUT2D eigenvalue weighted by molar-refractivity contribution is 0.194. The summed E-state index contributed by atoms with van der Waals surface area (Å²) in [5.74, 6) is -0.218. The number of para-hydroxylation sites is 1. The van der Waals surface area contributed by atoms with E-state index in [2.05, 4.69) is 41.4 Å². The van der Waals surface area contributed by atoms with Crippen molar-refractivity contribution in [2.45, 2.75) is 19.8 Å². The summed E-state index contributed by atoms with van der Waals surface area (Å²) in [5, 5.41) is 2.91. The molecule has 1 aliphatic rings. The largest absolute Gasteiger partial charge is 0.368 e. The van der Waals surface area contributed by atoms with Crippen LogP contribution in [0.5, 0.6) is 0 Å². The van der Waals surface area contributed by atoms with Crippen LogP contribution >= 0.6 is 0 Å². The van der Waals surface area contributed by atoms with E-state index >= 15 is 0 Å². The van der Waals surface area contributed by atoms with Gasteiger partial charge in [-0.25, -0.2) is 9.18 Å². The molecule has 0 aromatic heterocycles. The zero-order chi connectivity index (χ0) is 18.4. The van der Waals surface area contributed by atoms with Gasteiger partial charge < -0.3 is 15.1 Å². The van der Waals surface area contributed by atoms with Crippen LogP contribution in [-0.4, -0.2) is 43.7 Å². The van der Waals surface area contributed by atoms with Crippen LogP contribution in [0, 0.1) is 5.82 Å². The van der Waals surface area contributed by atoms with E-state index in [9.17, 15) is 9.18 Å². The molecule has 26 heavy (non-hydrogen) atoms. The number of carbonyl (C=O) groups excluding carboxylic acids is 1. The van der Waals surface area contributed by atoms with Gasteiger partial charge in [-0.2, -0.15) is 0 Å². The average molecular weight is 355 g/mol. The number of halogens is 1. The Hall–Kier alpha value is -2.56. The Labute approximate surface area is 154 Å². The third-order valence-corrected chi connectivity index (χ3v) is 4.91. The highest BCUT2D eigenvalue weighted by atomic mass is 19.1. The minimum Gasteiger partial charge on any atom is -0.368 e. The van der Waals surface area contributed by atoms with Gasteiger partial charge in [-0.15, -0.1) is 0 Å². The molecule has 3 rings (SSSR count). The number of nitrogens with one attached hydrogen (secondary N) is 1. The fourth-order valence-electron chi connectivity index (χ4n) is 3.39. The van der Waals surface area contributed by atoms with E-state index in [0.29, 0.717) is 31.6 Å². The number of urea groups is 1.